The lowest BCUT2D eigenvalue weighted by Gasteiger charge is -2.28. The summed E-state index contributed by atoms with van der Waals surface area (Å²) in [6, 6.07) is 3.50. The third-order valence-electron chi connectivity index (χ3n) is 6.31. The predicted octanol–water partition coefficient (Wildman–Crippen LogP) is 5.15. The average molecular weight is 466 g/mol. The summed E-state index contributed by atoms with van der Waals surface area (Å²) in [6.45, 7) is 1.39. The minimum atomic E-state index is -2.15. The highest BCUT2D eigenvalue weighted by atomic mass is 19.1. The Kier molecular flexibility index (Phi) is 4.33. The van der Waals surface area contributed by atoms with E-state index in [0.717, 1.165) is 25.0 Å². The fraction of sp³-hybridized carbons (Fsp3) is 0.400. The first kappa shape index (κ1) is 18.1. The molecule has 2 atom stereocenters. The molecule has 174 valence electrons. The summed E-state index contributed by atoms with van der Waals surface area (Å²) >= 11 is 0. The van der Waals surface area contributed by atoms with E-state index < -0.39 is 30.2 Å². The van der Waals surface area contributed by atoms with Crippen LogP contribution in [-0.2, 0) is 4.74 Å². The largest absolute Gasteiger partial charge is 0.373 e. The number of aromatic nitrogens is 6. The van der Waals surface area contributed by atoms with Crippen molar-refractivity contribution in [2.24, 2.45) is 0 Å². The van der Waals surface area contributed by atoms with E-state index in [-0.39, 0.29) is 41.1 Å². The van der Waals surface area contributed by atoms with E-state index in [4.69, 9.17) is 8.85 Å². The lowest BCUT2D eigenvalue weighted by molar-refractivity contribution is 0.00396. The maximum atomic E-state index is 14.9. The van der Waals surface area contributed by atoms with Gasteiger partial charge < -0.3 is 4.74 Å². The first-order chi connectivity index (χ1) is 17.5. The molecule has 2 fully saturated rings. The molecule has 7 nitrogen and oxygen atoms in total. The van der Waals surface area contributed by atoms with E-state index in [9.17, 15) is 8.78 Å². The van der Waals surface area contributed by atoms with Gasteiger partial charge in [0, 0.05) is 35.9 Å². The van der Waals surface area contributed by atoms with Crippen molar-refractivity contribution in [3.63, 3.8) is 0 Å². The van der Waals surface area contributed by atoms with Gasteiger partial charge in [-0.1, -0.05) is 0 Å². The number of rotatable bonds is 4. The standard InChI is InChI=1S/C25H24F2N6O/c1-13-14(2)30-25-23(29-13)22(19-6-3-17(26)10-20(19)27)31-24(32-25)15-7-8-34-21(9-15)16-11-28-33(12-16)18-4-5-18/h3,6,10-12,15,18,21H,4-5,7-9H2,1-2H3/t15-,21+/m1/s1/i8D2,21D. The lowest BCUT2D eigenvalue weighted by Crippen LogP contribution is -2.20. The fourth-order valence-corrected chi connectivity index (χ4v) is 4.13. The summed E-state index contributed by atoms with van der Waals surface area (Å²) in [6.07, 6.45) is 3.53. The molecule has 1 saturated carbocycles. The van der Waals surface area contributed by atoms with Gasteiger partial charge in [-0.3, -0.25) is 4.68 Å². The zero-order valence-corrected chi connectivity index (χ0v) is 18.7. The fourth-order valence-electron chi connectivity index (χ4n) is 4.13. The van der Waals surface area contributed by atoms with Crippen molar-refractivity contribution in [3.05, 3.63) is 65.0 Å². The first-order valence-electron chi connectivity index (χ1n) is 12.7. The van der Waals surface area contributed by atoms with Crippen molar-refractivity contribution in [1.82, 2.24) is 29.7 Å². The molecule has 0 spiro atoms. The van der Waals surface area contributed by atoms with Crippen LogP contribution in [0.2, 0.25) is 0 Å². The Hall–Kier alpha value is -3.33. The molecule has 34 heavy (non-hydrogen) atoms. The molecule has 4 aromatic rings. The molecule has 1 aliphatic carbocycles. The minimum Gasteiger partial charge on any atom is -0.373 e. The molecule has 0 amide bonds. The molecule has 3 aromatic heterocycles. The minimum absolute atomic E-state index is 0.0329. The number of fused-ring (bicyclic) bond motifs is 1. The molecule has 1 aromatic carbocycles. The lowest BCUT2D eigenvalue weighted by atomic mass is 9.92. The van der Waals surface area contributed by atoms with Crippen molar-refractivity contribution < 1.29 is 17.6 Å². The molecule has 1 aliphatic heterocycles. The topological polar surface area (TPSA) is 78.6 Å². The first-order valence-corrected chi connectivity index (χ1v) is 11.2. The molecule has 0 unspecified atom stereocenters. The second kappa shape index (κ2) is 8.16. The summed E-state index contributed by atoms with van der Waals surface area (Å²) in [7, 11) is 0. The summed E-state index contributed by atoms with van der Waals surface area (Å²) in [5, 5.41) is 4.35. The summed E-state index contributed by atoms with van der Waals surface area (Å²) < 4.78 is 61.9. The smallest absolute Gasteiger partial charge is 0.182 e. The molecular weight excluding hydrogens is 438 g/mol. The van der Waals surface area contributed by atoms with Crippen LogP contribution in [0.1, 0.15) is 70.6 Å². The van der Waals surface area contributed by atoms with Crippen LogP contribution in [0.5, 0.6) is 0 Å². The number of hydrogen-bond donors (Lipinski definition) is 0. The van der Waals surface area contributed by atoms with Crippen LogP contribution in [-0.4, -0.2) is 36.3 Å². The Labute approximate surface area is 199 Å². The van der Waals surface area contributed by atoms with Gasteiger partial charge >= 0.3 is 0 Å². The molecule has 0 bridgehead atoms. The van der Waals surface area contributed by atoms with Crippen molar-refractivity contribution in [1.29, 1.82) is 0 Å². The van der Waals surface area contributed by atoms with Crippen LogP contribution < -0.4 is 0 Å². The van der Waals surface area contributed by atoms with Gasteiger partial charge in [-0.15, -0.1) is 0 Å². The van der Waals surface area contributed by atoms with Crippen molar-refractivity contribution in [3.8, 4) is 11.3 Å². The molecule has 2 aliphatic rings. The van der Waals surface area contributed by atoms with E-state index in [1.807, 2.05) is 0 Å². The predicted molar refractivity (Wildman–Crippen MR) is 121 cm³/mol. The number of nitrogens with zero attached hydrogens (tertiary/aromatic N) is 6. The third-order valence-corrected chi connectivity index (χ3v) is 6.31. The van der Waals surface area contributed by atoms with E-state index in [1.165, 1.54) is 6.07 Å². The van der Waals surface area contributed by atoms with Gasteiger partial charge in [0.1, 0.15) is 28.7 Å². The highest BCUT2D eigenvalue weighted by Crippen LogP contribution is 2.40. The number of hydrogen-bond acceptors (Lipinski definition) is 6. The molecule has 4 heterocycles. The Morgan fingerprint density at radius 1 is 1.09 bits per heavy atom. The second-order valence-electron chi connectivity index (χ2n) is 8.84. The van der Waals surface area contributed by atoms with Crippen molar-refractivity contribution in [2.45, 2.75) is 57.6 Å². The quantitative estimate of drug-likeness (QED) is 0.415. The maximum Gasteiger partial charge on any atom is 0.182 e. The van der Waals surface area contributed by atoms with Gasteiger partial charge in [0.15, 0.2) is 5.65 Å². The molecule has 9 heteroatoms. The Morgan fingerprint density at radius 2 is 1.91 bits per heavy atom. The van der Waals surface area contributed by atoms with Gasteiger partial charge in [-0.2, -0.15) is 5.10 Å². The molecule has 0 radical (unpaired) electrons. The summed E-state index contributed by atoms with van der Waals surface area (Å²) in [5.74, 6) is -1.99. The van der Waals surface area contributed by atoms with Crippen LogP contribution in [0.4, 0.5) is 8.78 Å². The molecule has 6 rings (SSSR count). The maximum absolute atomic E-state index is 14.9. The number of aryl methyl sites for hydroxylation is 2. The summed E-state index contributed by atoms with van der Waals surface area (Å²) in [4.78, 5) is 18.3. The average Bonchev–Trinajstić information content (AvgIpc) is 3.54. The monoisotopic (exact) mass is 465 g/mol. The van der Waals surface area contributed by atoms with E-state index in [1.54, 1.807) is 30.9 Å². The number of ether oxygens (including phenoxy) is 1. The Morgan fingerprint density at radius 3 is 2.71 bits per heavy atom. The zero-order chi connectivity index (χ0) is 26.1. The van der Waals surface area contributed by atoms with Crippen molar-refractivity contribution >= 4 is 11.2 Å². The van der Waals surface area contributed by atoms with Gasteiger partial charge in [0.2, 0.25) is 0 Å². The van der Waals surface area contributed by atoms with Crippen LogP contribution in [0.25, 0.3) is 22.4 Å². The normalized spacial score (nSPS) is 25.6. The Bertz CT molecular complexity index is 1540. The Balaban J connectivity index is 1.48. The van der Waals surface area contributed by atoms with E-state index >= 15 is 0 Å². The highest BCUT2D eigenvalue weighted by molar-refractivity contribution is 5.87. The third kappa shape index (κ3) is 3.83. The number of benzene rings is 1. The molecule has 0 N–H and O–H groups in total. The SMILES string of the molecule is [2H]C1([2H])C[C@@H](c2nc(-c3ccc(F)cc3F)c3nc(C)c(C)nc3n2)C[C@@]([2H])(c2cnn(C3CC3)c2)O1. The van der Waals surface area contributed by atoms with Crippen LogP contribution in [0.15, 0.2) is 30.6 Å². The second-order valence-corrected chi connectivity index (χ2v) is 8.84. The van der Waals surface area contributed by atoms with Crippen molar-refractivity contribution in [2.75, 3.05) is 6.56 Å². The molecule has 1 saturated heterocycles. The van der Waals surface area contributed by atoms with E-state index in [2.05, 4.69) is 25.0 Å². The zero-order valence-electron chi connectivity index (χ0n) is 21.7. The number of halogens is 2. The highest BCUT2D eigenvalue weighted by Gasteiger charge is 2.31. The van der Waals surface area contributed by atoms with Gasteiger partial charge in [0.05, 0.1) is 33.8 Å². The van der Waals surface area contributed by atoms with Crippen LogP contribution >= 0.6 is 0 Å². The van der Waals surface area contributed by atoms with Gasteiger partial charge in [-0.25, -0.2) is 28.7 Å². The molecular formula is C25H24F2N6O. The van der Waals surface area contributed by atoms with Gasteiger partial charge in [-0.05, 0) is 51.7 Å². The van der Waals surface area contributed by atoms with E-state index in [0.29, 0.717) is 23.0 Å². The van der Waals surface area contributed by atoms with Crippen LogP contribution in [0, 0.1) is 25.5 Å². The van der Waals surface area contributed by atoms with Gasteiger partial charge in [0.25, 0.3) is 0 Å². The van der Waals surface area contributed by atoms with Crippen LogP contribution in [0.3, 0.4) is 0 Å². The summed E-state index contributed by atoms with van der Waals surface area (Å²) in [5.41, 5.74) is 2.35.